The van der Waals surface area contributed by atoms with Gasteiger partial charge in [-0.3, -0.25) is 4.98 Å². The summed E-state index contributed by atoms with van der Waals surface area (Å²) in [7, 11) is 0. The van der Waals surface area contributed by atoms with Crippen molar-refractivity contribution in [3.63, 3.8) is 0 Å². The van der Waals surface area contributed by atoms with Gasteiger partial charge in [-0.25, -0.2) is 4.79 Å². The van der Waals surface area contributed by atoms with E-state index < -0.39 is 5.76 Å². The van der Waals surface area contributed by atoms with Crippen LogP contribution in [0.2, 0.25) is 0 Å². The van der Waals surface area contributed by atoms with E-state index in [4.69, 9.17) is 9.52 Å². The summed E-state index contributed by atoms with van der Waals surface area (Å²) in [6, 6.07) is 5.71. The average Bonchev–Trinajstić information content (AvgIpc) is 2.68. The van der Waals surface area contributed by atoms with E-state index in [1.807, 2.05) is 18.2 Å². The Balaban J connectivity index is 2.25. The van der Waals surface area contributed by atoms with Crippen LogP contribution in [0, 0.1) is 0 Å². The van der Waals surface area contributed by atoms with Crippen molar-refractivity contribution in [1.29, 1.82) is 0 Å². The van der Waals surface area contributed by atoms with E-state index in [-0.39, 0.29) is 12.0 Å². The normalized spacial score (nSPS) is 12.2. The molecule has 18 heavy (non-hydrogen) atoms. The van der Waals surface area contributed by atoms with Gasteiger partial charge in [-0.1, -0.05) is 19.9 Å². The van der Waals surface area contributed by atoms with Crippen molar-refractivity contribution < 1.29 is 9.52 Å². The lowest BCUT2D eigenvalue weighted by Gasteiger charge is -2.25. The van der Waals surface area contributed by atoms with Crippen molar-refractivity contribution in [3.8, 4) is 0 Å². The molecule has 0 spiro atoms. The van der Waals surface area contributed by atoms with Crippen molar-refractivity contribution >= 4 is 11.1 Å². The summed E-state index contributed by atoms with van der Waals surface area (Å²) in [5, 5.41) is 11.9. The van der Waals surface area contributed by atoms with Crippen molar-refractivity contribution in [2.45, 2.75) is 19.3 Å². The number of oxazole rings is 1. The number of rotatable bonds is 5. The fraction of sp³-hybridized carbons (Fsp3) is 0.462. The molecule has 0 saturated heterocycles. The van der Waals surface area contributed by atoms with Crippen LogP contribution in [0.4, 0.5) is 0 Å². The van der Waals surface area contributed by atoms with Crippen LogP contribution in [-0.4, -0.2) is 29.8 Å². The van der Waals surface area contributed by atoms with Crippen molar-refractivity contribution in [1.82, 2.24) is 10.3 Å². The van der Waals surface area contributed by atoms with Gasteiger partial charge >= 0.3 is 5.76 Å². The third-order valence-corrected chi connectivity index (χ3v) is 3.06. The van der Waals surface area contributed by atoms with Crippen LogP contribution in [0.25, 0.3) is 11.1 Å². The molecule has 0 atom stereocenters. The maximum Gasteiger partial charge on any atom is 0.417 e. The minimum Gasteiger partial charge on any atom is -0.408 e. The number of nitrogens with one attached hydrogen (secondary N) is 2. The molecule has 98 valence electrons. The summed E-state index contributed by atoms with van der Waals surface area (Å²) in [6.45, 7) is 5.65. The van der Waals surface area contributed by atoms with Gasteiger partial charge in [0.05, 0.1) is 12.1 Å². The van der Waals surface area contributed by atoms with E-state index in [2.05, 4.69) is 24.1 Å². The number of aliphatic hydroxyl groups excluding tert-OH is 1. The molecule has 0 fully saturated rings. The average molecular weight is 250 g/mol. The Labute approximate surface area is 105 Å². The third-order valence-electron chi connectivity index (χ3n) is 3.06. The minimum absolute atomic E-state index is 0.0980. The van der Waals surface area contributed by atoms with Crippen LogP contribution in [0.1, 0.15) is 19.4 Å². The zero-order valence-electron chi connectivity index (χ0n) is 10.6. The molecule has 1 aromatic heterocycles. The molecule has 0 radical (unpaired) electrons. The van der Waals surface area contributed by atoms with Crippen molar-refractivity contribution in [3.05, 3.63) is 34.3 Å². The zero-order chi connectivity index (χ0) is 13.2. The van der Waals surface area contributed by atoms with E-state index >= 15 is 0 Å². The molecular formula is C13H18N2O3. The summed E-state index contributed by atoms with van der Waals surface area (Å²) in [4.78, 5) is 13.7. The van der Waals surface area contributed by atoms with Crippen LogP contribution >= 0.6 is 0 Å². The van der Waals surface area contributed by atoms with Gasteiger partial charge in [-0.05, 0) is 17.7 Å². The quantitative estimate of drug-likeness (QED) is 0.691. The topological polar surface area (TPSA) is 78.3 Å². The number of aromatic nitrogens is 1. The predicted molar refractivity (Wildman–Crippen MR) is 69.8 cm³/mol. The molecular weight excluding hydrogens is 232 g/mol. The highest BCUT2D eigenvalue weighted by Gasteiger charge is 2.21. The van der Waals surface area contributed by atoms with Crippen molar-refractivity contribution in [2.24, 2.45) is 0 Å². The molecule has 0 unspecified atom stereocenters. The smallest absolute Gasteiger partial charge is 0.408 e. The summed E-state index contributed by atoms with van der Waals surface area (Å²) in [5.74, 6) is -0.432. The lowest BCUT2D eigenvalue weighted by atomic mass is 9.84. The molecule has 0 amide bonds. The minimum atomic E-state index is -0.432. The highest BCUT2D eigenvalue weighted by atomic mass is 16.4. The van der Waals surface area contributed by atoms with Gasteiger partial charge in [0, 0.05) is 18.5 Å². The number of H-pyrrole nitrogens is 1. The first-order valence-corrected chi connectivity index (χ1v) is 5.98. The molecule has 2 aromatic rings. The molecule has 0 aliphatic heterocycles. The van der Waals surface area contributed by atoms with E-state index in [1.54, 1.807) is 0 Å². The third kappa shape index (κ3) is 2.63. The molecule has 1 aromatic carbocycles. The van der Waals surface area contributed by atoms with Gasteiger partial charge in [0.25, 0.3) is 0 Å². The Morgan fingerprint density at radius 3 is 2.94 bits per heavy atom. The number of aromatic amines is 1. The lowest BCUT2D eigenvalue weighted by Crippen LogP contribution is -2.34. The first kappa shape index (κ1) is 12.9. The summed E-state index contributed by atoms with van der Waals surface area (Å²) < 4.78 is 5.06. The van der Waals surface area contributed by atoms with E-state index in [9.17, 15) is 4.79 Å². The number of aliphatic hydroxyl groups is 1. The van der Waals surface area contributed by atoms with Gasteiger partial charge in [-0.15, -0.1) is 0 Å². The van der Waals surface area contributed by atoms with E-state index in [1.165, 1.54) is 0 Å². The summed E-state index contributed by atoms with van der Waals surface area (Å²) >= 11 is 0. The number of benzene rings is 1. The second-order valence-corrected chi connectivity index (χ2v) is 5.01. The van der Waals surface area contributed by atoms with Crippen molar-refractivity contribution in [2.75, 3.05) is 19.7 Å². The van der Waals surface area contributed by atoms with Gasteiger partial charge < -0.3 is 14.8 Å². The Bertz CT molecular complexity index is 583. The highest BCUT2D eigenvalue weighted by Crippen LogP contribution is 2.25. The molecule has 0 bridgehead atoms. The standard InChI is InChI=1S/C13H18N2O3/c1-13(2,8-14-5-6-16)9-3-4-10-11(7-9)18-12(17)15-10/h3-4,7,14,16H,5-6,8H2,1-2H3,(H,15,17). The van der Waals surface area contributed by atoms with Gasteiger partial charge in [0.2, 0.25) is 0 Å². The molecule has 5 nitrogen and oxygen atoms in total. The maximum atomic E-state index is 11.1. The molecule has 0 aliphatic rings. The Morgan fingerprint density at radius 1 is 1.44 bits per heavy atom. The lowest BCUT2D eigenvalue weighted by molar-refractivity contribution is 0.286. The SMILES string of the molecule is CC(C)(CNCCO)c1ccc2[nH]c(=O)oc2c1. The Hall–Kier alpha value is -1.59. The number of hydrogen-bond acceptors (Lipinski definition) is 4. The zero-order valence-corrected chi connectivity index (χ0v) is 10.6. The maximum absolute atomic E-state index is 11.1. The largest absolute Gasteiger partial charge is 0.417 e. The van der Waals surface area contributed by atoms with Crippen LogP contribution < -0.4 is 11.1 Å². The first-order chi connectivity index (χ1) is 8.53. The molecule has 1 heterocycles. The van der Waals surface area contributed by atoms with Crippen LogP contribution in [-0.2, 0) is 5.41 Å². The fourth-order valence-corrected chi connectivity index (χ4v) is 1.95. The van der Waals surface area contributed by atoms with Crippen LogP contribution in [0.15, 0.2) is 27.4 Å². The molecule has 2 rings (SSSR count). The van der Waals surface area contributed by atoms with Gasteiger partial charge in [-0.2, -0.15) is 0 Å². The molecule has 0 saturated carbocycles. The monoisotopic (exact) mass is 250 g/mol. The molecule has 3 N–H and O–H groups in total. The first-order valence-electron chi connectivity index (χ1n) is 5.98. The van der Waals surface area contributed by atoms with Crippen LogP contribution in [0.3, 0.4) is 0 Å². The van der Waals surface area contributed by atoms with E-state index in [0.29, 0.717) is 17.6 Å². The second-order valence-electron chi connectivity index (χ2n) is 5.01. The van der Waals surface area contributed by atoms with Gasteiger partial charge in [0.1, 0.15) is 0 Å². The predicted octanol–water partition coefficient (Wildman–Crippen LogP) is 0.981. The molecule has 0 aliphatic carbocycles. The summed E-state index contributed by atoms with van der Waals surface area (Å²) in [5.41, 5.74) is 2.28. The summed E-state index contributed by atoms with van der Waals surface area (Å²) in [6.07, 6.45) is 0. The molecule has 5 heteroatoms. The van der Waals surface area contributed by atoms with Crippen LogP contribution in [0.5, 0.6) is 0 Å². The fourth-order valence-electron chi connectivity index (χ4n) is 1.95. The highest BCUT2D eigenvalue weighted by molar-refractivity contribution is 5.73. The number of hydrogen-bond donors (Lipinski definition) is 3. The number of fused-ring (bicyclic) bond motifs is 1. The Morgan fingerprint density at radius 2 is 2.22 bits per heavy atom. The second kappa shape index (κ2) is 4.96. The Kier molecular flexibility index (Phi) is 3.54. The van der Waals surface area contributed by atoms with E-state index in [0.717, 1.165) is 12.1 Å². The van der Waals surface area contributed by atoms with Gasteiger partial charge in [0.15, 0.2) is 5.58 Å².